The van der Waals surface area contributed by atoms with Gasteiger partial charge in [0.25, 0.3) is 0 Å². The second-order valence-corrected chi connectivity index (χ2v) is 15.7. The lowest BCUT2D eigenvalue weighted by atomic mass is 9.87. The van der Waals surface area contributed by atoms with Gasteiger partial charge in [0.15, 0.2) is 0 Å². The molecule has 1 heterocycles. The maximum Gasteiger partial charge on any atom is 0.0562 e. The van der Waals surface area contributed by atoms with E-state index < -0.39 is 0 Å². The minimum Gasteiger partial charge on any atom is -0.310 e. The molecule has 0 unspecified atom stereocenters. The monoisotopic (exact) mass is 778 g/mol. The van der Waals surface area contributed by atoms with Crippen LogP contribution in [0.1, 0.15) is 5.56 Å². The zero-order valence-electron chi connectivity index (χ0n) is 33.9. The molecule has 0 saturated carbocycles. The highest BCUT2D eigenvalue weighted by Crippen LogP contribution is 2.47. The number of hydrogen-bond donors (Lipinski definition) is 0. The Balaban J connectivity index is 1.17. The van der Waals surface area contributed by atoms with Gasteiger partial charge in [-0.15, -0.1) is 0 Å². The number of benzene rings is 10. The summed E-state index contributed by atoms with van der Waals surface area (Å²) >= 11 is 0. The molecule has 0 bridgehead atoms. The molecule has 2 nitrogen and oxygen atoms in total. The third-order valence-corrected chi connectivity index (χ3v) is 12.1. The highest BCUT2D eigenvalue weighted by atomic mass is 15.1. The van der Waals surface area contributed by atoms with Gasteiger partial charge in [-0.05, 0) is 111 Å². The van der Waals surface area contributed by atoms with Gasteiger partial charge in [0, 0.05) is 33.4 Å². The van der Waals surface area contributed by atoms with Gasteiger partial charge in [-0.2, -0.15) is 0 Å². The predicted molar refractivity (Wildman–Crippen MR) is 259 cm³/mol. The van der Waals surface area contributed by atoms with Crippen LogP contribution in [0.15, 0.2) is 237 Å². The van der Waals surface area contributed by atoms with Crippen LogP contribution in [0, 0.1) is 6.92 Å². The normalized spacial score (nSPS) is 11.4. The summed E-state index contributed by atoms with van der Waals surface area (Å²) in [5, 5.41) is 4.95. The molecule has 0 amide bonds. The van der Waals surface area contributed by atoms with E-state index >= 15 is 0 Å². The molecule has 0 saturated heterocycles. The van der Waals surface area contributed by atoms with E-state index in [2.05, 4.69) is 253 Å². The Kier molecular flexibility index (Phi) is 9.09. The summed E-state index contributed by atoms with van der Waals surface area (Å²) < 4.78 is 2.42. The van der Waals surface area contributed by atoms with E-state index in [0.29, 0.717) is 0 Å². The third-order valence-electron chi connectivity index (χ3n) is 12.1. The van der Waals surface area contributed by atoms with Crippen molar-refractivity contribution < 1.29 is 0 Å². The first-order valence-electron chi connectivity index (χ1n) is 21.0. The molecule has 0 spiro atoms. The molecule has 0 aliphatic rings. The molecule has 61 heavy (non-hydrogen) atoms. The van der Waals surface area contributed by atoms with Crippen LogP contribution in [0.4, 0.5) is 17.1 Å². The lowest BCUT2D eigenvalue weighted by molar-refractivity contribution is 1.18. The van der Waals surface area contributed by atoms with Crippen LogP contribution in [0.5, 0.6) is 0 Å². The summed E-state index contributed by atoms with van der Waals surface area (Å²) in [5.41, 5.74) is 17.6. The summed E-state index contributed by atoms with van der Waals surface area (Å²) in [4.78, 5) is 2.46. The largest absolute Gasteiger partial charge is 0.310 e. The van der Waals surface area contributed by atoms with Crippen LogP contribution in [-0.4, -0.2) is 4.57 Å². The number of aromatic nitrogens is 1. The molecule has 1 aromatic heterocycles. The molecule has 2 heteroatoms. The number of hydrogen-bond acceptors (Lipinski definition) is 1. The maximum atomic E-state index is 2.46. The summed E-state index contributed by atoms with van der Waals surface area (Å²) in [6.07, 6.45) is 0. The number of rotatable bonds is 8. The Hall–Kier alpha value is -7.94. The molecule has 288 valence electrons. The third kappa shape index (κ3) is 6.37. The number of fused-ring (bicyclic) bond motifs is 4. The summed E-state index contributed by atoms with van der Waals surface area (Å²) in [5.74, 6) is 0. The van der Waals surface area contributed by atoms with Crippen molar-refractivity contribution >= 4 is 49.6 Å². The van der Waals surface area contributed by atoms with Crippen LogP contribution in [-0.2, 0) is 0 Å². The van der Waals surface area contributed by atoms with E-state index in [1.165, 1.54) is 82.6 Å². The van der Waals surface area contributed by atoms with E-state index in [1.54, 1.807) is 0 Å². The van der Waals surface area contributed by atoms with Gasteiger partial charge in [-0.25, -0.2) is 0 Å². The summed E-state index contributed by atoms with van der Waals surface area (Å²) in [6, 6.07) is 86.0. The number of aryl methyl sites for hydroxylation is 1. The fraction of sp³-hybridized carbons (Fsp3) is 0.0169. The van der Waals surface area contributed by atoms with Crippen LogP contribution in [0.25, 0.3) is 82.8 Å². The average molecular weight is 779 g/mol. The van der Waals surface area contributed by atoms with Gasteiger partial charge in [-0.1, -0.05) is 188 Å². The molecule has 0 N–H and O–H groups in total. The molecule has 11 aromatic rings. The molecular weight excluding hydrogens is 737 g/mol. The highest BCUT2D eigenvalue weighted by molar-refractivity contribution is 6.12. The highest BCUT2D eigenvalue weighted by Gasteiger charge is 2.23. The van der Waals surface area contributed by atoms with E-state index in [9.17, 15) is 0 Å². The van der Waals surface area contributed by atoms with Crippen molar-refractivity contribution in [2.45, 2.75) is 6.92 Å². The molecule has 11 rings (SSSR count). The Morgan fingerprint density at radius 2 is 0.918 bits per heavy atom. The Morgan fingerprint density at radius 1 is 0.361 bits per heavy atom. The van der Waals surface area contributed by atoms with Gasteiger partial charge >= 0.3 is 0 Å². The summed E-state index contributed by atoms with van der Waals surface area (Å²) in [7, 11) is 0. The maximum absolute atomic E-state index is 2.46. The number of para-hydroxylation sites is 1. The Morgan fingerprint density at radius 3 is 1.59 bits per heavy atom. The van der Waals surface area contributed by atoms with E-state index in [0.717, 1.165) is 22.7 Å². The van der Waals surface area contributed by atoms with Crippen molar-refractivity contribution in [3.63, 3.8) is 0 Å². The smallest absolute Gasteiger partial charge is 0.0562 e. The second-order valence-electron chi connectivity index (χ2n) is 15.7. The first-order valence-corrected chi connectivity index (χ1v) is 21.0. The topological polar surface area (TPSA) is 8.17 Å². The van der Waals surface area contributed by atoms with Crippen LogP contribution < -0.4 is 4.90 Å². The quantitative estimate of drug-likeness (QED) is 0.149. The van der Waals surface area contributed by atoms with Gasteiger partial charge in [0.1, 0.15) is 0 Å². The lowest BCUT2D eigenvalue weighted by Gasteiger charge is -2.29. The standard InChI is InChI=1S/C59H42N2/c1-41-18-16-31-54-57(41)53-38-37-49(40-56(53)61(54)47-26-12-5-13-27-47)60(55-39-34-44-23-14-15-28-52(44)59(55)45-24-10-4-11-25-45)48-35-32-46(33-36-48)58-50(42-19-6-2-7-20-42)29-17-30-51(58)43-21-8-3-9-22-43/h2-40H,1H3. The van der Waals surface area contributed by atoms with Crippen LogP contribution in [0.3, 0.4) is 0 Å². The SMILES string of the molecule is Cc1cccc2c1c1ccc(N(c3ccc(-c4c(-c5ccccc5)cccc4-c4ccccc4)cc3)c3ccc4ccccc4c3-c3ccccc3)cc1n2-c1ccccc1. The molecule has 0 aliphatic heterocycles. The number of nitrogens with zero attached hydrogens (tertiary/aromatic N) is 2. The van der Waals surface area contributed by atoms with Crippen molar-refractivity contribution in [2.75, 3.05) is 4.90 Å². The van der Waals surface area contributed by atoms with Gasteiger partial charge < -0.3 is 9.47 Å². The molecule has 10 aromatic carbocycles. The van der Waals surface area contributed by atoms with E-state index in [4.69, 9.17) is 0 Å². The van der Waals surface area contributed by atoms with Gasteiger partial charge in [0.05, 0.1) is 16.7 Å². The van der Waals surface area contributed by atoms with Crippen molar-refractivity contribution in [2.24, 2.45) is 0 Å². The average Bonchev–Trinajstić information content (AvgIpc) is 3.67. The van der Waals surface area contributed by atoms with Crippen LogP contribution >= 0.6 is 0 Å². The summed E-state index contributed by atoms with van der Waals surface area (Å²) in [6.45, 7) is 2.22. The minimum atomic E-state index is 1.08. The van der Waals surface area contributed by atoms with Crippen molar-refractivity contribution in [1.29, 1.82) is 0 Å². The van der Waals surface area contributed by atoms with Gasteiger partial charge in [0.2, 0.25) is 0 Å². The first-order chi connectivity index (χ1) is 30.2. The molecular formula is C59H42N2. The zero-order chi connectivity index (χ0) is 40.7. The van der Waals surface area contributed by atoms with Crippen molar-refractivity contribution in [1.82, 2.24) is 4.57 Å². The first kappa shape index (κ1) is 36.2. The fourth-order valence-electron chi connectivity index (χ4n) is 9.37. The minimum absolute atomic E-state index is 1.08. The molecule has 0 fully saturated rings. The van der Waals surface area contributed by atoms with E-state index in [-0.39, 0.29) is 0 Å². The molecule has 0 aliphatic carbocycles. The van der Waals surface area contributed by atoms with Crippen molar-refractivity contribution in [3.05, 3.63) is 242 Å². The van der Waals surface area contributed by atoms with Gasteiger partial charge in [-0.3, -0.25) is 0 Å². The molecule has 0 atom stereocenters. The molecule has 0 radical (unpaired) electrons. The fourth-order valence-corrected chi connectivity index (χ4v) is 9.37. The predicted octanol–water partition coefficient (Wildman–Crippen LogP) is 16.4. The Bertz CT molecular complexity index is 3270. The van der Waals surface area contributed by atoms with E-state index in [1.807, 2.05) is 0 Å². The lowest BCUT2D eigenvalue weighted by Crippen LogP contribution is -2.11. The zero-order valence-corrected chi connectivity index (χ0v) is 33.9. The van der Waals surface area contributed by atoms with Crippen LogP contribution in [0.2, 0.25) is 0 Å². The number of anilines is 3. The second kappa shape index (κ2) is 15.3. The van der Waals surface area contributed by atoms with Crippen molar-refractivity contribution in [3.8, 4) is 50.2 Å². The Labute approximate surface area is 356 Å².